The molecule has 0 saturated carbocycles. The third-order valence-electron chi connectivity index (χ3n) is 4.10. The van der Waals surface area contributed by atoms with Crippen molar-refractivity contribution in [2.45, 2.75) is 64.1 Å². The highest BCUT2D eigenvalue weighted by molar-refractivity contribution is 6.67. The van der Waals surface area contributed by atoms with Crippen molar-refractivity contribution in [3.8, 4) is 0 Å². The maximum absolute atomic E-state index is 11.6. The molecule has 0 N–H and O–H groups in total. The molecule has 0 heterocycles. The van der Waals surface area contributed by atoms with Crippen molar-refractivity contribution in [3.05, 3.63) is 23.9 Å². The van der Waals surface area contributed by atoms with Gasteiger partial charge in [0.05, 0.1) is 13.2 Å². The Balaban J connectivity index is 4.62. The lowest BCUT2D eigenvalue weighted by Gasteiger charge is -2.36. The lowest BCUT2D eigenvalue weighted by molar-refractivity contribution is -0.139. The Bertz CT molecular complexity index is 585. The summed E-state index contributed by atoms with van der Waals surface area (Å²) >= 11 is 13.0. The molecule has 0 aliphatic carbocycles. The SMILES string of the molecule is C=C(C)C(=O)OCCCC(C)C(Cl)(Cl)O[Si](C)(CCCO[Si](=O)C(=C)C)OCC. The van der Waals surface area contributed by atoms with E-state index in [-0.39, 0.29) is 12.5 Å². The van der Waals surface area contributed by atoms with Crippen LogP contribution < -0.4 is 0 Å². The van der Waals surface area contributed by atoms with Gasteiger partial charge in [0.1, 0.15) is 0 Å². The molecule has 0 amide bonds. The zero-order valence-electron chi connectivity index (χ0n) is 18.1. The quantitative estimate of drug-likeness (QED) is 0.0982. The van der Waals surface area contributed by atoms with Crippen LogP contribution in [0.5, 0.6) is 0 Å². The Labute approximate surface area is 187 Å². The van der Waals surface area contributed by atoms with Crippen LogP contribution in [0, 0.1) is 5.92 Å². The molecule has 0 aliphatic rings. The number of carbonyl (C=O) groups is 1. The zero-order valence-corrected chi connectivity index (χ0v) is 21.7. The molecular weight excluding hydrogens is 451 g/mol. The Morgan fingerprint density at radius 3 is 2.34 bits per heavy atom. The minimum absolute atomic E-state index is 0.210. The van der Waals surface area contributed by atoms with Crippen LogP contribution in [0.4, 0.5) is 0 Å². The second-order valence-electron chi connectivity index (χ2n) is 7.21. The van der Waals surface area contributed by atoms with E-state index in [0.717, 1.165) is 0 Å². The van der Waals surface area contributed by atoms with Crippen LogP contribution in [0.1, 0.15) is 47.0 Å². The minimum Gasteiger partial charge on any atom is -0.521 e. The number of alkyl halides is 2. The van der Waals surface area contributed by atoms with Gasteiger partial charge in [0.25, 0.3) is 0 Å². The smallest absolute Gasteiger partial charge is 0.521 e. The summed E-state index contributed by atoms with van der Waals surface area (Å²) in [5.74, 6) is -0.623. The molecule has 0 saturated heterocycles. The van der Waals surface area contributed by atoms with Crippen molar-refractivity contribution in [1.82, 2.24) is 0 Å². The summed E-state index contributed by atoms with van der Waals surface area (Å²) in [5.41, 5.74) is 0.362. The van der Waals surface area contributed by atoms with Crippen molar-refractivity contribution >= 4 is 46.7 Å². The van der Waals surface area contributed by atoms with Gasteiger partial charge in [0.15, 0.2) is 0 Å². The number of carbonyl (C=O) groups excluding carboxylic acids is 1. The van der Waals surface area contributed by atoms with Gasteiger partial charge in [-0.1, -0.05) is 43.3 Å². The standard InChI is InChI=1S/C19H34Cl2O6Si2/c1-8-26-29(7,14-10-13-25-28(23)16(4)5)27-19(20,21)17(6)11-9-12-24-18(22)15(2)3/h17H,2,4,8-14H2,1,3,5-7H3. The van der Waals surface area contributed by atoms with E-state index in [4.69, 9.17) is 41.2 Å². The number of hydrogen-bond donors (Lipinski definition) is 0. The fourth-order valence-electron chi connectivity index (χ4n) is 2.37. The molecule has 6 nitrogen and oxygen atoms in total. The molecule has 0 aromatic heterocycles. The number of esters is 1. The van der Waals surface area contributed by atoms with E-state index in [1.807, 2.05) is 20.4 Å². The summed E-state index contributed by atoms with van der Waals surface area (Å²) in [6, 6.07) is 0.594. The number of halogens is 2. The first-order valence-corrected chi connectivity index (χ1v) is 14.3. The fourth-order valence-corrected chi connectivity index (χ4v) is 6.63. The van der Waals surface area contributed by atoms with Crippen molar-refractivity contribution in [2.24, 2.45) is 5.92 Å². The van der Waals surface area contributed by atoms with E-state index in [1.165, 1.54) is 0 Å². The van der Waals surface area contributed by atoms with Gasteiger partial charge in [-0.15, -0.1) is 0 Å². The van der Waals surface area contributed by atoms with Gasteiger partial charge in [0, 0.05) is 23.3 Å². The van der Waals surface area contributed by atoms with Gasteiger partial charge in [-0.05, 0) is 52.6 Å². The van der Waals surface area contributed by atoms with Crippen molar-refractivity contribution in [1.29, 1.82) is 0 Å². The van der Waals surface area contributed by atoms with Crippen LogP contribution in [0.15, 0.2) is 23.9 Å². The van der Waals surface area contributed by atoms with E-state index < -0.39 is 28.0 Å². The monoisotopic (exact) mass is 484 g/mol. The molecule has 10 heteroatoms. The summed E-state index contributed by atoms with van der Waals surface area (Å²) in [4.78, 5) is 11.4. The van der Waals surface area contributed by atoms with Crippen LogP contribution in [-0.4, -0.2) is 47.8 Å². The molecule has 2 atom stereocenters. The Morgan fingerprint density at radius 2 is 1.83 bits per heavy atom. The van der Waals surface area contributed by atoms with Gasteiger partial charge in [-0.25, -0.2) is 4.79 Å². The molecule has 0 fully saturated rings. The maximum Gasteiger partial charge on any atom is 0.534 e. The van der Waals surface area contributed by atoms with Crippen LogP contribution >= 0.6 is 23.2 Å². The zero-order chi connectivity index (χ0) is 22.7. The summed E-state index contributed by atoms with van der Waals surface area (Å²) in [6.45, 7) is 17.2. The van der Waals surface area contributed by atoms with Crippen LogP contribution in [0.3, 0.4) is 0 Å². The fraction of sp³-hybridized carbons (Fsp3) is 0.737. The maximum atomic E-state index is 11.6. The predicted octanol–water partition coefficient (Wildman–Crippen LogP) is 5.22. The Hall–Kier alpha value is -0.516. The van der Waals surface area contributed by atoms with Gasteiger partial charge in [-0.2, -0.15) is 0 Å². The predicted molar refractivity (Wildman–Crippen MR) is 120 cm³/mol. The first-order chi connectivity index (χ1) is 13.3. The van der Waals surface area contributed by atoms with Gasteiger partial charge in [-0.3, -0.25) is 0 Å². The molecule has 0 aliphatic heterocycles. The molecule has 29 heavy (non-hydrogen) atoms. The van der Waals surface area contributed by atoms with Crippen LogP contribution in [0.2, 0.25) is 12.6 Å². The molecule has 0 spiro atoms. The molecule has 0 rings (SSSR count). The van der Waals surface area contributed by atoms with Crippen LogP contribution in [-0.2, 0) is 27.3 Å². The molecule has 2 unspecified atom stereocenters. The largest absolute Gasteiger partial charge is 0.534 e. The molecule has 0 aromatic rings. The third kappa shape index (κ3) is 12.1. The highest BCUT2D eigenvalue weighted by Gasteiger charge is 2.43. The molecule has 0 bridgehead atoms. The Morgan fingerprint density at radius 1 is 1.21 bits per heavy atom. The highest BCUT2D eigenvalue weighted by Crippen LogP contribution is 2.38. The normalized spacial score (nSPS) is 14.6. The lowest BCUT2D eigenvalue weighted by Crippen LogP contribution is -2.46. The molecule has 0 aromatic carbocycles. The van der Waals surface area contributed by atoms with Gasteiger partial charge in [0.2, 0.25) is 4.52 Å². The second-order valence-corrected chi connectivity index (χ2v) is 13.5. The molecule has 168 valence electrons. The van der Waals surface area contributed by atoms with Gasteiger partial charge < -0.3 is 22.5 Å². The highest BCUT2D eigenvalue weighted by atomic mass is 35.5. The molecule has 0 radical (unpaired) electrons. The summed E-state index contributed by atoms with van der Waals surface area (Å²) in [5, 5.41) is 0.541. The topological polar surface area (TPSA) is 71.1 Å². The summed E-state index contributed by atoms with van der Waals surface area (Å²) in [7, 11) is -4.89. The van der Waals surface area contributed by atoms with E-state index in [2.05, 4.69) is 13.2 Å². The first-order valence-electron chi connectivity index (χ1n) is 9.71. The third-order valence-corrected chi connectivity index (χ3v) is 9.33. The van der Waals surface area contributed by atoms with E-state index in [9.17, 15) is 9.26 Å². The van der Waals surface area contributed by atoms with Crippen molar-refractivity contribution in [3.63, 3.8) is 0 Å². The lowest BCUT2D eigenvalue weighted by atomic mass is 10.1. The second kappa shape index (κ2) is 13.7. The summed E-state index contributed by atoms with van der Waals surface area (Å²) in [6.07, 6.45) is 1.82. The number of ether oxygens (including phenoxy) is 1. The van der Waals surface area contributed by atoms with E-state index >= 15 is 0 Å². The minimum atomic E-state index is -2.68. The number of allylic oxidation sites excluding steroid dienone is 1. The number of hydrogen-bond acceptors (Lipinski definition) is 6. The van der Waals surface area contributed by atoms with Gasteiger partial charge >= 0.3 is 23.5 Å². The van der Waals surface area contributed by atoms with Crippen molar-refractivity contribution < 1.29 is 27.3 Å². The average molecular weight is 486 g/mol. The molecular formula is C19H34Cl2O6Si2. The van der Waals surface area contributed by atoms with E-state index in [1.54, 1.807) is 13.8 Å². The summed E-state index contributed by atoms with van der Waals surface area (Å²) < 4.78 is 32.6. The Kier molecular flexibility index (Phi) is 13.5. The number of rotatable bonds is 16. The van der Waals surface area contributed by atoms with Crippen molar-refractivity contribution in [2.75, 3.05) is 19.8 Å². The average Bonchev–Trinajstić information content (AvgIpc) is 2.61. The first kappa shape index (κ1) is 28.5. The van der Waals surface area contributed by atoms with Crippen LogP contribution in [0.25, 0.3) is 0 Å². The van der Waals surface area contributed by atoms with E-state index in [0.29, 0.717) is 49.3 Å².